The molecule has 0 aliphatic carbocycles. The van der Waals surface area contributed by atoms with Crippen molar-refractivity contribution in [3.8, 4) is 18.0 Å². The van der Waals surface area contributed by atoms with Gasteiger partial charge in [0.1, 0.15) is 18.2 Å². The standard InChI is InChI=1S/C36H41N7O2/c1-5-32(44)43-19-18-42(21-27(43)13-16-37)34-28-14-17-41(31-11-7-10-25-9-6-8-24(2)33(25)31)22-30(28)39-35(29(34)20-38)45-23-26-12-15-36(3,4)40-26/h5-11,26-27,40H,1,12-15,17-19,21-23H2,2-4H3. The highest BCUT2D eigenvalue weighted by Crippen LogP contribution is 2.40. The number of pyridine rings is 1. The van der Waals surface area contributed by atoms with Crippen molar-refractivity contribution in [1.82, 2.24) is 15.2 Å². The summed E-state index contributed by atoms with van der Waals surface area (Å²) in [4.78, 5) is 24.0. The minimum atomic E-state index is -0.308. The lowest BCUT2D eigenvalue weighted by Gasteiger charge is -2.43. The molecule has 1 N–H and O–H groups in total. The van der Waals surface area contributed by atoms with Gasteiger partial charge in [-0.05, 0) is 63.1 Å². The predicted molar refractivity (Wildman–Crippen MR) is 176 cm³/mol. The number of nitrogens with one attached hydrogen (secondary N) is 1. The number of nitrogens with zero attached hydrogens (tertiary/aromatic N) is 6. The van der Waals surface area contributed by atoms with Gasteiger partial charge in [-0.3, -0.25) is 4.79 Å². The van der Waals surface area contributed by atoms with Crippen molar-refractivity contribution < 1.29 is 9.53 Å². The maximum absolute atomic E-state index is 12.6. The molecule has 3 aliphatic rings. The summed E-state index contributed by atoms with van der Waals surface area (Å²) in [5, 5.41) is 26.3. The molecular formula is C36H41N7O2. The van der Waals surface area contributed by atoms with Gasteiger partial charge < -0.3 is 24.8 Å². The Balaban J connectivity index is 1.40. The van der Waals surface area contributed by atoms with Crippen molar-refractivity contribution in [1.29, 1.82) is 10.5 Å². The fourth-order valence-electron chi connectivity index (χ4n) is 7.35. The first-order valence-electron chi connectivity index (χ1n) is 15.9. The average Bonchev–Trinajstić information content (AvgIpc) is 3.40. The smallest absolute Gasteiger partial charge is 0.246 e. The summed E-state index contributed by atoms with van der Waals surface area (Å²) >= 11 is 0. The Labute approximate surface area is 265 Å². The Morgan fingerprint density at radius 2 is 1.98 bits per heavy atom. The summed E-state index contributed by atoms with van der Waals surface area (Å²) in [5.41, 5.74) is 5.67. The number of carbonyl (C=O) groups is 1. The van der Waals surface area contributed by atoms with E-state index in [-0.39, 0.29) is 30.0 Å². The highest BCUT2D eigenvalue weighted by molar-refractivity contribution is 5.97. The third-order valence-electron chi connectivity index (χ3n) is 9.55. The van der Waals surface area contributed by atoms with Crippen LogP contribution in [0.15, 0.2) is 49.1 Å². The van der Waals surface area contributed by atoms with Crippen LogP contribution >= 0.6 is 0 Å². The molecule has 2 fully saturated rings. The summed E-state index contributed by atoms with van der Waals surface area (Å²) in [6, 6.07) is 17.4. The van der Waals surface area contributed by atoms with Crippen molar-refractivity contribution in [2.75, 3.05) is 42.6 Å². The minimum absolute atomic E-state index is 0.0515. The summed E-state index contributed by atoms with van der Waals surface area (Å²) in [5.74, 6) is 0.180. The highest BCUT2D eigenvalue weighted by atomic mass is 16.5. The van der Waals surface area contributed by atoms with E-state index in [1.807, 2.05) is 0 Å². The number of hydrogen-bond donors (Lipinski definition) is 1. The molecule has 2 unspecified atom stereocenters. The number of fused-ring (bicyclic) bond motifs is 2. The number of piperazine rings is 1. The normalized spacial score (nSPS) is 20.8. The van der Waals surface area contributed by atoms with Gasteiger partial charge in [-0.2, -0.15) is 10.5 Å². The second-order valence-electron chi connectivity index (χ2n) is 13.1. The van der Waals surface area contributed by atoms with E-state index in [1.54, 1.807) is 4.90 Å². The number of carbonyl (C=O) groups excluding carboxylic acids is 1. The van der Waals surface area contributed by atoms with E-state index in [1.165, 1.54) is 28.1 Å². The first-order valence-corrected chi connectivity index (χ1v) is 15.9. The molecule has 2 atom stereocenters. The lowest BCUT2D eigenvalue weighted by atomic mass is 9.95. The average molecular weight is 604 g/mol. The van der Waals surface area contributed by atoms with Crippen molar-refractivity contribution in [2.24, 2.45) is 0 Å². The molecule has 1 amide bonds. The lowest BCUT2D eigenvalue weighted by molar-refractivity contribution is -0.128. The number of aryl methyl sites for hydroxylation is 1. The van der Waals surface area contributed by atoms with E-state index >= 15 is 0 Å². The summed E-state index contributed by atoms with van der Waals surface area (Å²) in [6.07, 6.45) is 4.27. The van der Waals surface area contributed by atoms with Crippen molar-refractivity contribution in [2.45, 2.75) is 70.6 Å². The Kier molecular flexibility index (Phi) is 8.40. The van der Waals surface area contributed by atoms with Crippen LogP contribution in [0.2, 0.25) is 0 Å². The Bertz CT molecular complexity index is 1710. The predicted octanol–water partition coefficient (Wildman–Crippen LogP) is 5.00. The van der Waals surface area contributed by atoms with Crippen molar-refractivity contribution >= 4 is 28.1 Å². The number of benzene rings is 2. The van der Waals surface area contributed by atoms with Gasteiger partial charge in [-0.15, -0.1) is 0 Å². The Hall–Kier alpha value is -4.60. The monoisotopic (exact) mass is 603 g/mol. The molecule has 9 nitrogen and oxygen atoms in total. The molecule has 0 bridgehead atoms. The van der Waals surface area contributed by atoms with Crippen LogP contribution < -0.4 is 19.9 Å². The van der Waals surface area contributed by atoms with Crippen LogP contribution in [0.3, 0.4) is 0 Å². The van der Waals surface area contributed by atoms with Crippen LogP contribution in [-0.4, -0.2) is 66.2 Å². The molecule has 0 radical (unpaired) electrons. The number of rotatable bonds is 7. The third kappa shape index (κ3) is 5.93. The molecule has 2 aromatic carbocycles. The molecule has 1 aromatic heterocycles. The van der Waals surface area contributed by atoms with E-state index in [0.717, 1.165) is 36.3 Å². The van der Waals surface area contributed by atoms with Gasteiger partial charge in [0.25, 0.3) is 0 Å². The SMILES string of the molecule is C=CC(=O)N1CCN(c2c(C#N)c(OCC3CCC(C)(C)N3)nc3c2CCN(c2cccc4cccc(C)c24)C3)CC1CC#N. The lowest BCUT2D eigenvalue weighted by Crippen LogP contribution is -2.55. The first kappa shape index (κ1) is 30.4. The number of nitriles is 2. The third-order valence-corrected chi connectivity index (χ3v) is 9.55. The molecule has 3 aliphatic heterocycles. The van der Waals surface area contributed by atoms with Crippen LogP contribution in [0.4, 0.5) is 11.4 Å². The van der Waals surface area contributed by atoms with E-state index in [4.69, 9.17) is 9.72 Å². The number of hydrogen-bond acceptors (Lipinski definition) is 8. The second-order valence-corrected chi connectivity index (χ2v) is 13.1. The van der Waals surface area contributed by atoms with E-state index < -0.39 is 0 Å². The number of amides is 1. The molecule has 2 saturated heterocycles. The zero-order valence-electron chi connectivity index (χ0n) is 26.5. The quantitative estimate of drug-likeness (QED) is 0.376. The van der Waals surface area contributed by atoms with E-state index in [9.17, 15) is 15.3 Å². The molecule has 232 valence electrons. The zero-order chi connectivity index (χ0) is 31.7. The van der Waals surface area contributed by atoms with Crippen molar-refractivity contribution in [3.05, 3.63) is 71.4 Å². The number of aromatic nitrogens is 1. The second kappa shape index (κ2) is 12.4. The summed E-state index contributed by atoms with van der Waals surface area (Å²) < 4.78 is 6.41. The van der Waals surface area contributed by atoms with Crippen LogP contribution in [0.25, 0.3) is 10.8 Å². The van der Waals surface area contributed by atoms with Crippen LogP contribution in [-0.2, 0) is 17.8 Å². The molecular weight excluding hydrogens is 562 g/mol. The Morgan fingerprint density at radius 1 is 1.18 bits per heavy atom. The molecule has 0 spiro atoms. The topological polar surface area (TPSA) is 109 Å². The maximum Gasteiger partial charge on any atom is 0.246 e. The van der Waals surface area contributed by atoms with Gasteiger partial charge in [0, 0.05) is 54.4 Å². The molecule has 6 rings (SSSR count). The fourth-order valence-corrected chi connectivity index (χ4v) is 7.35. The van der Waals surface area contributed by atoms with Gasteiger partial charge in [0.15, 0.2) is 0 Å². The largest absolute Gasteiger partial charge is 0.475 e. The van der Waals surface area contributed by atoms with E-state index in [2.05, 4.69) is 91.0 Å². The number of anilines is 2. The summed E-state index contributed by atoms with van der Waals surface area (Å²) in [6.45, 7) is 13.4. The van der Waals surface area contributed by atoms with Crippen LogP contribution in [0.5, 0.6) is 5.88 Å². The van der Waals surface area contributed by atoms with Crippen LogP contribution in [0, 0.1) is 29.6 Å². The molecule has 0 saturated carbocycles. The van der Waals surface area contributed by atoms with Gasteiger partial charge in [0.2, 0.25) is 11.8 Å². The van der Waals surface area contributed by atoms with Crippen molar-refractivity contribution in [3.63, 3.8) is 0 Å². The first-order chi connectivity index (χ1) is 21.7. The molecule has 3 aromatic rings. The molecule has 4 heterocycles. The minimum Gasteiger partial charge on any atom is -0.475 e. The van der Waals surface area contributed by atoms with E-state index in [0.29, 0.717) is 50.7 Å². The van der Waals surface area contributed by atoms with Gasteiger partial charge in [-0.1, -0.05) is 36.9 Å². The highest BCUT2D eigenvalue weighted by Gasteiger charge is 2.36. The Morgan fingerprint density at radius 3 is 2.69 bits per heavy atom. The van der Waals surface area contributed by atoms with Crippen LogP contribution in [0.1, 0.15) is 55.5 Å². The molecule has 45 heavy (non-hydrogen) atoms. The fraction of sp³-hybridized carbons (Fsp3) is 0.444. The molecule has 9 heteroatoms. The van der Waals surface area contributed by atoms with Gasteiger partial charge in [-0.25, -0.2) is 4.98 Å². The van der Waals surface area contributed by atoms with Gasteiger partial charge >= 0.3 is 0 Å². The van der Waals surface area contributed by atoms with Gasteiger partial charge in [0.05, 0.1) is 36.5 Å². The number of ether oxygens (including phenoxy) is 1. The maximum atomic E-state index is 12.6. The summed E-state index contributed by atoms with van der Waals surface area (Å²) in [7, 11) is 0. The zero-order valence-corrected chi connectivity index (χ0v) is 26.5.